The van der Waals surface area contributed by atoms with Crippen LogP contribution in [0.4, 0.5) is 0 Å². The second-order valence-electron chi connectivity index (χ2n) is 5.28. The van der Waals surface area contributed by atoms with Gasteiger partial charge in [0.05, 0.1) is 4.90 Å². The van der Waals surface area contributed by atoms with Crippen LogP contribution in [-0.2, 0) is 10.0 Å². The smallest absolute Gasteiger partial charge is 0.208 e. The number of hydrogen-bond donors (Lipinski definition) is 1. The van der Waals surface area contributed by atoms with Gasteiger partial charge in [-0.05, 0) is 49.9 Å². The highest BCUT2D eigenvalue weighted by Gasteiger charge is 2.21. The molecule has 0 aromatic heterocycles. The summed E-state index contributed by atoms with van der Waals surface area (Å²) in [6.45, 7) is 3.85. The number of hydrogen-bond acceptors (Lipinski definition) is 2. The second kappa shape index (κ2) is 5.41. The van der Waals surface area contributed by atoms with Gasteiger partial charge in [0.2, 0.25) is 10.0 Å². The molecule has 3 nitrogen and oxygen atoms in total. The fraction of sp³-hybridized carbons (Fsp3) is 0.571. The van der Waals surface area contributed by atoms with E-state index in [1.807, 2.05) is 19.9 Å². The van der Waals surface area contributed by atoms with Crippen LogP contribution in [0.25, 0.3) is 0 Å². The van der Waals surface area contributed by atoms with Crippen LogP contribution in [0.3, 0.4) is 0 Å². The van der Waals surface area contributed by atoms with E-state index in [0.29, 0.717) is 4.90 Å². The van der Waals surface area contributed by atoms with Crippen LogP contribution in [-0.4, -0.2) is 14.5 Å². The zero-order chi connectivity index (χ0) is 13.2. The number of sulfonamides is 1. The molecule has 1 aliphatic rings. The summed E-state index contributed by atoms with van der Waals surface area (Å²) < 4.78 is 27.4. The monoisotopic (exact) mass is 267 g/mol. The molecular formula is C14H21NO2S. The third-order valence-corrected chi connectivity index (χ3v) is 4.93. The molecule has 100 valence electrons. The standard InChI is InChI=1S/C14H21NO2S/c1-11-8-12(2)10-14(9-11)18(16,17)15-13-6-4-3-5-7-13/h8-10,13,15H,3-7H2,1-2H3. The van der Waals surface area contributed by atoms with Gasteiger partial charge >= 0.3 is 0 Å². The van der Waals surface area contributed by atoms with E-state index >= 15 is 0 Å². The van der Waals surface area contributed by atoms with Crippen molar-refractivity contribution in [1.82, 2.24) is 4.72 Å². The van der Waals surface area contributed by atoms with E-state index in [1.165, 1.54) is 6.42 Å². The molecule has 1 saturated carbocycles. The predicted octanol–water partition coefficient (Wildman–Crippen LogP) is 2.91. The van der Waals surface area contributed by atoms with Gasteiger partial charge in [-0.3, -0.25) is 0 Å². The summed E-state index contributed by atoms with van der Waals surface area (Å²) >= 11 is 0. The van der Waals surface area contributed by atoms with E-state index < -0.39 is 10.0 Å². The average molecular weight is 267 g/mol. The lowest BCUT2D eigenvalue weighted by molar-refractivity contribution is 0.412. The van der Waals surface area contributed by atoms with Crippen molar-refractivity contribution in [2.75, 3.05) is 0 Å². The van der Waals surface area contributed by atoms with E-state index in [-0.39, 0.29) is 6.04 Å². The molecule has 0 aliphatic heterocycles. The molecule has 1 N–H and O–H groups in total. The fourth-order valence-electron chi connectivity index (χ4n) is 2.60. The molecular weight excluding hydrogens is 246 g/mol. The Kier molecular flexibility index (Phi) is 4.07. The summed E-state index contributed by atoms with van der Waals surface area (Å²) in [5.41, 5.74) is 1.97. The van der Waals surface area contributed by atoms with Crippen LogP contribution in [0.1, 0.15) is 43.2 Å². The minimum absolute atomic E-state index is 0.115. The Labute approximate surface area is 110 Å². The van der Waals surface area contributed by atoms with Gasteiger partial charge in [0.1, 0.15) is 0 Å². The first-order valence-corrected chi connectivity index (χ1v) is 8.06. The Morgan fingerprint density at radius 3 is 2.11 bits per heavy atom. The van der Waals surface area contributed by atoms with Crippen molar-refractivity contribution in [2.45, 2.75) is 56.9 Å². The Morgan fingerprint density at radius 1 is 1.00 bits per heavy atom. The molecule has 0 radical (unpaired) electrons. The zero-order valence-electron chi connectivity index (χ0n) is 11.1. The van der Waals surface area contributed by atoms with Crippen molar-refractivity contribution in [3.8, 4) is 0 Å². The molecule has 1 aliphatic carbocycles. The number of benzene rings is 1. The minimum atomic E-state index is -3.35. The normalized spacial score (nSPS) is 17.9. The van der Waals surface area contributed by atoms with Crippen LogP contribution >= 0.6 is 0 Å². The molecule has 0 amide bonds. The van der Waals surface area contributed by atoms with Gasteiger partial charge in [-0.2, -0.15) is 0 Å². The molecule has 0 saturated heterocycles. The first-order valence-electron chi connectivity index (χ1n) is 6.58. The van der Waals surface area contributed by atoms with Crippen LogP contribution in [0.5, 0.6) is 0 Å². The zero-order valence-corrected chi connectivity index (χ0v) is 11.9. The highest BCUT2D eigenvalue weighted by molar-refractivity contribution is 7.89. The molecule has 1 aromatic carbocycles. The van der Waals surface area contributed by atoms with Gasteiger partial charge in [-0.15, -0.1) is 0 Å². The van der Waals surface area contributed by atoms with Crippen LogP contribution in [0.2, 0.25) is 0 Å². The van der Waals surface area contributed by atoms with E-state index in [4.69, 9.17) is 0 Å². The van der Waals surface area contributed by atoms with Crippen molar-refractivity contribution in [3.05, 3.63) is 29.3 Å². The SMILES string of the molecule is Cc1cc(C)cc(S(=O)(=O)NC2CCCCC2)c1. The Bertz CT molecular complexity index is 496. The summed E-state index contributed by atoms with van der Waals surface area (Å²) in [5.74, 6) is 0. The van der Waals surface area contributed by atoms with Gasteiger partial charge in [-0.1, -0.05) is 25.3 Å². The second-order valence-corrected chi connectivity index (χ2v) is 6.99. The molecule has 0 heterocycles. The predicted molar refractivity (Wildman–Crippen MR) is 73.1 cm³/mol. The first kappa shape index (κ1) is 13.6. The minimum Gasteiger partial charge on any atom is -0.208 e. The quantitative estimate of drug-likeness (QED) is 0.915. The lowest BCUT2D eigenvalue weighted by atomic mass is 9.96. The molecule has 0 bridgehead atoms. The van der Waals surface area contributed by atoms with Crippen molar-refractivity contribution in [1.29, 1.82) is 0 Å². The van der Waals surface area contributed by atoms with Gasteiger partial charge in [-0.25, -0.2) is 13.1 Å². The third kappa shape index (κ3) is 3.33. The average Bonchev–Trinajstić information content (AvgIpc) is 2.28. The summed E-state index contributed by atoms with van der Waals surface area (Å²) in [6, 6.07) is 5.57. The van der Waals surface area contributed by atoms with Crippen molar-refractivity contribution in [3.63, 3.8) is 0 Å². The highest BCUT2D eigenvalue weighted by Crippen LogP contribution is 2.21. The Hall–Kier alpha value is -0.870. The highest BCUT2D eigenvalue weighted by atomic mass is 32.2. The fourth-order valence-corrected chi connectivity index (χ4v) is 4.09. The molecule has 1 aromatic rings. The molecule has 2 rings (SSSR count). The molecule has 18 heavy (non-hydrogen) atoms. The largest absolute Gasteiger partial charge is 0.240 e. The topological polar surface area (TPSA) is 46.2 Å². The maximum atomic E-state index is 12.3. The van der Waals surface area contributed by atoms with E-state index in [9.17, 15) is 8.42 Å². The summed E-state index contributed by atoms with van der Waals surface area (Å²) in [4.78, 5) is 0.394. The Morgan fingerprint density at radius 2 is 1.56 bits per heavy atom. The van der Waals surface area contributed by atoms with Crippen molar-refractivity contribution < 1.29 is 8.42 Å². The Balaban J connectivity index is 2.19. The molecule has 0 spiro atoms. The lowest BCUT2D eigenvalue weighted by Gasteiger charge is -2.22. The van der Waals surface area contributed by atoms with E-state index in [0.717, 1.165) is 36.8 Å². The van der Waals surface area contributed by atoms with Crippen molar-refractivity contribution in [2.24, 2.45) is 0 Å². The van der Waals surface area contributed by atoms with Crippen LogP contribution in [0, 0.1) is 13.8 Å². The van der Waals surface area contributed by atoms with Gasteiger partial charge in [0.25, 0.3) is 0 Å². The summed E-state index contributed by atoms with van der Waals surface area (Å²) in [5, 5.41) is 0. The summed E-state index contributed by atoms with van der Waals surface area (Å²) in [7, 11) is -3.35. The third-order valence-electron chi connectivity index (χ3n) is 3.43. The maximum Gasteiger partial charge on any atom is 0.240 e. The van der Waals surface area contributed by atoms with Crippen molar-refractivity contribution >= 4 is 10.0 Å². The van der Waals surface area contributed by atoms with Crippen LogP contribution in [0.15, 0.2) is 23.1 Å². The molecule has 0 atom stereocenters. The van der Waals surface area contributed by atoms with E-state index in [2.05, 4.69) is 4.72 Å². The van der Waals surface area contributed by atoms with Gasteiger partial charge < -0.3 is 0 Å². The first-order chi connectivity index (χ1) is 8.47. The summed E-state index contributed by atoms with van der Waals surface area (Å²) in [6.07, 6.45) is 5.40. The lowest BCUT2D eigenvalue weighted by Crippen LogP contribution is -2.36. The molecule has 1 fully saturated rings. The van der Waals surface area contributed by atoms with Gasteiger partial charge in [0.15, 0.2) is 0 Å². The number of rotatable bonds is 3. The molecule has 4 heteroatoms. The van der Waals surface area contributed by atoms with E-state index in [1.54, 1.807) is 12.1 Å². The maximum absolute atomic E-state index is 12.3. The number of aryl methyl sites for hydroxylation is 2. The number of nitrogens with one attached hydrogen (secondary N) is 1. The molecule has 0 unspecified atom stereocenters. The van der Waals surface area contributed by atoms with Gasteiger partial charge in [0, 0.05) is 6.04 Å². The van der Waals surface area contributed by atoms with Crippen LogP contribution < -0.4 is 4.72 Å².